The van der Waals surface area contributed by atoms with E-state index in [0.29, 0.717) is 28.4 Å². The summed E-state index contributed by atoms with van der Waals surface area (Å²) in [7, 11) is 0. The van der Waals surface area contributed by atoms with Crippen molar-refractivity contribution in [3.8, 4) is 0 Å². The van der Waals surface area contributed by atoms with Gasteiger partial charge in [0.1, 0.15) is 17.2 Å². The van der Waals surface area contributed by atoms with Crippen LogP contribution in [0.4, 0.5) is 0 Å². The van der Waals surface area contributed by atoms with Crippen LogP contribution in [0.3, 0.4) is 0 Å². The number of carbonyl (C=O) groups is 2. The van der Waals surface area contributed by atoms with Crippen LogP contribution < -0.4 is 0 Å². The van der Waals surface area contributed by atoms with E-state index in [-0.39, 0.29) is 17.5 Å². The van der Waals surface area contributed by atoms with Crippen molar-refractivity contribution in [3.63, 3.8) is 0 Å². The highest BCUT2D eigenvalue weighted by Crippen LogP contribution is 2.66. The van der Waals surface area contributed by atoms with Crippen LogP contribution in [-0.4, -0.2) is 23.2 Å². The zero-order valence-electron chi connectivity index (χ0n) is 15.6. The molecule has 0 aliphatic heterocycles. The number of alkyl halides is 1. The zero-order valence-corrected chi connectivity index (χ0v) is 17.1. The first-order chi connectivity index (χ1) is 11.9. The average Bonchev–Trinajstić information content (AvgIpc) is 2.92. The van der Waals surface area contributed by atoms with Crippen LogP contribution in [0.2, 0.25) is 0 Å². The predicted octanol–water partition coefficient (Wildman–Crippen LogP) is 4.90. The number of hydrogen-bond donors (Lipinski definition) is 0. The van der Waals surface area contributed by atoms with Crippen LogP contribution in [0, 0.1) is 34.5 Å². The molecule has 4 saturated carbocycles. The lowest BCUT2D eigenvalue weighted by Gasteiger charge is -2.60. The highest BCUT2D eigenvalue weighted by Gasteiger charge is 2.61. The molecule has 4 rings (SSSR count). The number of carbonyl (C=O) groups excluding carboxylic acids is 2. The Hall–Kier alpha value is -0.380. The molecule has 0 radical (unpaired) electrons. The van der Waals surface area contributed by atoms with Gasteiger partial charge in [0.05, 0.1) is 0 Å². The van der Waals surface area contributed by atoms with Gasteiger partial charge < -0.3 is 4.74 Å². The number of rotatable bonds is 2. The molecule has 0 N–H and O–H groups in total. The van der Waals surface area contributed by atoms with Gasteiger partial charge in [0.15, 0.2) is 0 Å². The number of esters is 1. The zero-order chi connectivity index (χ0) is 17.8. The molecular weight excluding hydrogens is 380 g/mol. The third kappa shape index (κ3) is 2.73. The SMILES string of the molecule is C[C@]12CC[C@H]3[C@@H](CCC4CC(=O)CC[C@@]43C)[C@@H]1CC[C@@H]2OC(=O)CBr. The topological polar surface area (TPSA) is 43.4 Å². The van der Waals surface area contributed by atoms with E-state index in [9.17, 15) is 9.59 Å². The maximum Gasteiger partial charge on any atom is 0.316 e. The van der Waals surface area contributed by atoms with Gasteiger partial charge in [-0.1, -0.05) is 29.8 Å². The number of fused-ring (bicyclic) bond motifs is 5. The van der Waals surface area contributed by atoms with Crippen molar-refractivity contribution >= 4 is 27.7 Å². The van der Waals surface area contributed by atoms with E-state index < -0.39 is 0 Å². The van der Waals surface area contributed by atoms with Crippen molar-refractivity contribution in [1.29, 1.82) is 0 Å². The third-order valence-electron chi connectivity index (χ3n) is 8.78. The molecule has 1 unspecified atom stereocenters. The largest absolute Gasteiger partial charge is 0.461 e. The number of halogens is 1. The van der Waals surface area contributed by atoms with Crippen LogP contribution in [0.15, 0.2) is 0 Å². The highest BCUT2D eigenvalue weighted by atomic mass is 79.9. The van der Waals surface area contributed by atoms with E-state index in [1.54, 1.807) is 0 Å². The van der Waals surface area contributed by atoms with Gasteiger partial charge in [0.25, 0.3) is 0 Å². The minimum atomic E-state index is -0.115. The van der Waals surface area contributed by atoms with Gasteiger partial charge in [-0.05, 0) is 74.0 Å². The Balaban J connectivity index is 1.56. The van der Waals surface area contributed by atoms with Crippen LogP contribution in [0.25, 0.3) is 0 Å². The lowest BCUT2D eigenvalue weighted by molar-refractivity contribution is -0.161. The summed E-state index contributed by atoms with van der Waals surface area (Å²) in [5.41, 5.74) is 0.523. The molecule has 0 amide bonds. The van der Waals surface area contributed by atoms with Gasteiger partial charge in [-0.2, -0.15) is 0 Å². The molecule has 3 nitrogen and oxygen atoms in total. The number of ether oxygens (including phenoxy) is 1. The van der Waals surface area contributed by atoms with Gasteiger partial charge in [-0.25, -0.2) is 0 Å². The van der Waals surface area contributed by atoms with Crippen LogP contribution in [-0.2, 0) is 14.3 Å². The van der Waals surface area contributed by atoms with Crippen molar-refractivity contribution in [1.82, 2.24) is 0 Å². The molecule has 0 aromatic heterocycles. The Bertz CT molecular complexity index is 575. The monoisotopic (exact) mass is 410 g/mol. The van der Waals surface area contributed by atoms with E-state index in [1.807, 2.05) is 0 Å². The second-order valence-corrected chi connectivity index (χ2v) is 10.2. The fraction of sp³-hybridized carbons (Fsp3) is 0.905. The van der Waals surface area contributed by atoms with Crippen LogP contribution >= 0.6 is 15.9 Å². The summed E-state index contributed by atoms with van der Waals surface area (Å²) in [5, 5.41) is 0.296. The van der Waals surface area contributed by atoms with E-state index in [0.717, 1.165) is 37.5 Å². The molecule has 0 saturated heterocycles. The van der Waals surface area contributed by atoms with E-state index >= 15 is 0 Å². The maximum atomic E-state index is 12.0. The summed E-state index contributed by atoms with van der Waals surface area (Å²) in [6, 6.07) is 0. The van der Waals surface area contributed by atoms with Gasteiger partial charge in [-0.3, -0.25) is 9.59 Å². The Morgan fingerprint density at radius 1 is 1.08 bits per heavy atom. The van der Waals surface area contributed by atoms with Crippen molar-refractivity contribution in [2.45, 2.75) is 77.7 Å². The van der Waals surface area contributed by atoms with Crippen LogP contribution in [0.1, 0.15) is 71.6 Å². The molecule has 140 valence electrons. The highest BCUT2D eigenvalue weighted by molar-refractivity contribution is 9.09. The first-order valence-electron chi connectivity index (χ1n) is 10.2. The van der Waals surface area contributed by atoms with Gasteiger partial charge >= 0.3 is 5.97 Å². The Kier molecular flexibility index (Phi) is 4.57. The molecule has 4 aliphatic carbocycles. The second-order valence-electron chi connectivity index (χ2n) is 9.63. The lowest BCUT2D eigenvalue weighted by Crippen LogP contribution is -2.54. The maximum absolute atomic E-state index is 12.0. The molecule has 4 heteroatoms. The fourth-order valence-electron chi connectivity index (χ4n) is 7.38. The summed E-state index contributed by atoms with van der Waals surface area (Å²) < 4.78 is 5.83. The van der Waals surface area contributed by atoms with Crippen molar-refractivity contribution in [2.75, 3.05) is 5.33 Å². The quantitative estimate of drug-likeness (QED) is 0.479. The van der Waals surface area contributed by atoms with Gasteiger partial charge in [-0.15, -0.1) is 0 Å². The summed E-state index contributed by atoms with van der Waals surface area (Å²) in [4.78, 5) is 23.8. The normalized spacial score (nSPS) is 49.1. The molecule has 0 spiro atoms. The van der Waals surface area contributed by atoms with E-state index in [1.165, 1.54) is 32.1 Å². The molecule has 4 aliphatic rings. The predicted molar refractivity (Wildman–Crippen MR) is 100 cm³/mol. The number of hydrogen-bond acceptors (Lipinski definition) is 3. The van der Waals surface area contributed by atoms with Crippen LogP contribution in [0.5, 0.6) is 0 Å². The molecule has 0 bridgehead atoms. The number of ketones is 1. The minimum Gasteiger partial charge on any atom is -0.461 e. The Labute approximate surface area is 159 Å². The molecule has 0 aromatic rings. The first kappa shape index (κ1) is 18.0. The van der Waals surface area contributed by atoms with Crippen molar-refractivity contribution < 1.29 is 14.3 Å². The summed E-state index contributed by atoms with van der Waals surface area (Å²) in [5.74, 6) is 3.21. The minimum absolute atomic E-state index is 0.0990. The third-order valence-corrected chi connectivity index (χ3v) is 9.24. The van der Waals surface area contributed by atoms with E-state index in [2.05, 4.69) is 29.8 Å². The summed E-state index contributed by atoms with van der Waals surface area (Å²) >= 11 is 3.23. The smallest absolute Gasteiger partial charge is 0.316 e. The molecule has 0 heterocycles. The molecule has 4 fully saturated rings. The van der Waals surface area contributed by atoms with Crippen molar-refractivity contribution in [2.24, 2.45) is 34.5 Å². The second kappa shape index (κ2) is 6.35. The fourth-order valence-corrected chi connectivity index (χ4v) is 7.51. The summed E-state index contributed by atoms with van der Waals surface area (Å²) in [6.45, 7) is 4.87. The van der Waals surface area contributed by atoms with Crippen molar-refractivity contribution in [3.05, 3.63) is 0 Å². The lowest BCUT2D eigenvalue weighted by atomic mass is 9.45. The Morgan fingerprint density at radius 3 is 2.60 bits per heavy atom. The van der Waals surface area contributed by atoms with Gasteiger partial charge in [0, 0.05) is 18.3 Å². The van der Waals surface area contributed by atoms with E-state index in [4.69, 9.17) is 4.74 Å². The number of Topliss-reactive ketones (excluding diaryl/α,β-unsaturated/α-hetero) is 1. The Morgan fingerprint density at radius 2 is 1.84 bits per heavy atom. The standard InChI is InChI=1S/C21H31BrO3/c1-20-9-7-14(23)11-13(20)3-4-15-16-5-6-18(25-19(24)12-22)21(16,2)10-8-17(15)20/h13,15-18H,3-12H2,1-2H3/t13?,15-,16-,17-,18-,20-,21-/m0/s1. The molecule has 7 atom stereocenters. The first-order valence-corrected chi connectivity index (χ1v) is 11.3. The molecule has 0 aromatic carbocycles. The molecule has 25 heavy (non-hydrogen) atoms. The van der Waals surface area contributed by atoms with Gasteiger partial charge in [0.2, 0.25) is 0 Å². The average molecular weight is 411 g/mol. The molecular formula is C21H31BrO3. The summed E-state index contributed by atoms with van der Waals surface area (Å²) in [6.07, 6.45) is 9.98.